The van der Waals surface area contributed by atoms with Crippen molar-refractivity contribution in [3.63, 3.8) is 0 Å². The molecule has 1 fully saturated rings. The van der Waals surface area contributed by atoms with E-state index in [1.54, 1.807) is 22.9 Å². The maximum atomic E-state index is 12.3. The van der Waals surface area contributed by atoms with Crippen molar-refractivity contribution in [1.29, 1.82) is 10.5 Å². The predicted molar refractivity (Wildman–Crippen MR) is 113 cm³/mol. The Labute approximate surface area is 177 Å². The normalized spacial score (nSPS) is 17.3. The summed E-state index contributed by atoms with van der Waals surface area (Å²) in [6, 6.07) is 7.59. The van der Waals surface area contributed by atoms with Crippen LogP contribution < -0.4 is 10.6 Å². The van der Waals surface area contributed by atoms with Crippen molar-refractivity contribution in [2.45, 2.75) is 13.0 Å². The molecule has 1 unspecified atom stereocenters. The fourth-order valence-electron chi connectivity index (χ4n) is 3.16. The Balaban J connectivity index is 1.46. The second kappa shape index (κ2) is 9.63. The molecule has 1 aliphatic heterocycles. The largest absolute Gasteiger partial charge is 0.315 e. The first-order chi connectivity index (χ1) is 14.0. The Morgan fingerprint density at radius 3 is 2.10 bits per heavy atom. The predicted octanol–water partition coefficient (Wildman–Crippen LogP) is 2.14. The summed E-state index contributed by atoms with van der Waals surface area (Å²) in [6.45, 7) is 4.51. The summed E-state index contributed by atoms with van der Waals surface area (Å²) in [5.41, 5.74) is 0.940. The highest BCUT2D eigenvalue weighted by atomic mass is 32.1. The number of carbonyl (C=O) groups excluding carboxylic acids is 2. The van der Waals surface area contributed by atoms with E-state index < -0.39 is 0 Å². The van der Waals surface area contributed by atoms with Gasteiger partial charge < -0.3 is 10.6 Å². The van der Waals surface area contributed by atoms with Gasteiger partial charge in [0.05, 0.1) is 24.2 Å². The van der Waals surface area contributed by atoms with Crippen LogP contribution in [0.25, 0.3) is 0 Å². The van der Waals surface area contributed by atoms with E-state index in [1.807, 2.05) is 11.8 Å². The third-order valence-electron chi connectivity index (χ3n) is 4.64. The van der Waals surface area contributed by atoms with Gasteiger partial charge in [-0.15, -0.1) is 22.7 Å². The number of nitrogens with one attached hydrogen (secondary N) is 2. The van der Waals surface area contributed by atoms with Gasteiger partial charge in [-0.05, 0) is 29.8 Å². The van der Waals surface area contributed by atoms with Crippen LogP contribution in [0.1, 0.15) is 18.1 Å². The molecule has 10 heteroatoms. The highest BCUT2D eigenvalue weighted by Crippen LogP contribution is 2.23. The molecule has 0 spiro atoms. The van der Waals surface area contributed by atoms with E-state index in [4.69, 9.17) is 10.5 Å². The van der Waals surface area contributed by atoms with Gasteiger partial charge in [0.25, 0.3) is 0 Å². The highest BCUT2D eigenvalue weighted by Gasteiger charge is 2.26. The molecule has 2 aromatic heterocycles. The molecule has 0 aliphatic carbocycles. The first-order valence-electron chi connectivity index (χ1n) is 9.01. The Kier molecular flexibility index (Phi) is 6.96. The van der Waals surface area contributed by atoms with Crippen LogP contribution >= 0.6 is 22.7 Å². The molecule has 0 aromatic carbocycles. The topological polar surface area (TPSA) is 112 Å². The van der Waals surface area contributed by atoms with Gasteiger partial charge in [-0.2, -0.15) is 10.5 Å². The fourth-order valence-corrected chi connectivity index (χ4v) is 4.66. The number of nitrogens with zero attached hydrogens (tertiary/aromatic N) is 4. The van der Waals surface area contributed by atoms with Crippen molar-refractivity contribution in [3.05, 3.63) is 34.0 Å². The number of rotatable bonds is 6. The molecule has 1 atom stereocenters. The summed E-state index contributed by atoms with van der Waals surface area (Å²) in [6.07, 6.45) is 0. The second-order valence-corrected chi connectivity index (χ2v) is 8.53. The van der Waals surface area contributed by atoms with Gasteiger partial charge in [0, 0.05) is 25.7 Å². The van der Waals surface area contributed by atoms with E-state index in [-0.39, 0.29) is 30.9 Å². The lowest BCUT2D eigenvalue weighted by Gasteiger charge is -2.39. The Morgan fingerprint density at radius 1 is 1.03 bits per heavy atom. The maximum absolute atomic E-state index is 12.3. The monoisotopic (exact) mass is 428 g/mol. The number of amides is 2. The average Bonchev–Trinajstić information content (AvgIpc) is 3.32. The lowest BCUT2D eigenvalue weighted by molar-refractivity contribution is -0.120. The minimum Gasteiger partial charge on any atom is -0.315 e. The molecule has 3 heterocycles. The van der Waals surface area contributed by atoms with Crippen LogP contribution in [0.2, 0.25) is 0 Å². The summed E-state index contributed by atoms with van der Waals surface area (Å²) in [4.78, 5) is 28.7. The van der Waals surface area contributed by atoms with Crippen molar-refractivity contribution in [1.82, 2.24) is 9.80 Å². The van der Waals surface area contributed by atoms with Crippen LogP contribution in [0.5, 0.6) is 0 Å². The van der Waals surface area contributed by atoms with Gasteiger partial charge in [-0.25, -0.2) is 0 Å². The lowest BCUT2D eigenvalue weighted by Crippen LogP contribution is -2.54. The molecule has 150 valence electrons. The molecule has 1 saturated heterocycles. The number of piperazine rings is 1. The Bertz CT molecular complexity index is 970. The zero-order valence-corrected chi connectivity index (χ0v) is 17.5. The van der Waals surface area contributed by atoms with E-state index in [9.17, 15) is 9.59 Å². The summed E-state index contributed by atoms with van der Waals surface area (Å²) >= 11 is 2.66. The first kappa shape index (κ1) is 21.0. The highest BCUT2D eigenvalue weighted by molar-refractivity contribution is 7.14. The number of nitriles is 2. The summed E-state index contributed by atoms with van der Waals surface area (Å²) in [5.74, 6) is -0.298. The smallest absolute Gasteiger partial charge is 0.239 e. The van der Waals surface area contributed by atoms with Crippen molar-refractivity contribution in [2.75, 3.05) is 43.4 Å². The number of anilines is 2. The van der Waals surface area contributed by atoms with E-state index in [0.717, 1.165) is 0 Å². The number of thiophene rings is 2. The zero-order chi connectivity index (χ0) is 20.8. The standard InChI is InChI=1S/C19H20N6O2S2/c1-13-10-24(11-16(26)22-18-14(8-20)2-6-28-18)4-5-25(13)12-17(27)23-19-15(9-21)3-7-29-19/h2-3,6-7,13H,4-5,10-12H2,1H3,(H,22,26)(H,23,27). The minimum absolute atomic E-state index is 0.109. The van der Waals surface area contributed by atoms with Gasteiger partial charge in [-0.1, -0.05) is 0 Å². The van der Waals surface area contributed by atoms with Gasteiger partial charge in [0.2, 0.25) is 11.8 Å². The molecule has 0 radical (unpaired) electrons. The van der Waals surface area contributed by atoms with Crippen molar-refractivity contribution in [3.8, 4) is 12.1 Å². The van der Waals surface area contributed by atoms with Gasteiger partial charge in [0.15, 0.2) is 0 Å². The summed E-state index contributed by atoms with van der Waals surface area (Å²) < 4.78 is 0. The summed E-state index contributed by atoms with van der Waals surface area (Å²) in [7, 11) is 0. The zero-order valence-electron chi connectivity index (χ0n) is 15.8. The molecular weight excluding hydrogens is 408 g/mol. The molecule has 0 saturated carbocycles. The second-order valence-electron chi connectivity index (χ2n) is 6.70. The van der Waals surface area contributed by atoms with Gasteiger partial charge >= 0.3 is 0 Å². The third kappa shape index (κ3) is 5.40. The van der Waals surface area contributed by atoms with Crippen molar-refractivity contribution < 1.29 is 9.59 Å². The number of hydrogen-bond donors (Lipinski definition) is 2. The van der Waals surface area contributed by atoms with E-state index in [1.165, 1.54) is 22.7 Å². The maximum Gasteiger partial charge on any atom is 0.239 e. The van der Waals surface area contributed by atoms with Crippen LogP contribution in [0.4, 0.5) is 10.0 Å². The Hall–Kier alpha value is -2.76. The lowest BCUT2D eigenvalue weighted by atomic mass is 10.2. The van der Waals surface area contributed by atoms with E-state index in [2.05, 4.69) is 27.7 Å². The molecule has 3 rings (SSSR count). The minimum atomic E-state index is -0.149. The van der Waals surface area contributed by atoms with Crippen LogP contribution in [0.3, 0.4) is 0 Å². The third-order valence-corrected chi connectivity index (χ3v) is 6.30. The SMILES string of the molecule is CC1CN(CC(=O)Nc2sccc2C#N)CCN1CC(=O)Nc1sccc1C#N. The molecule has 2 N–H and O–H groups in total. The van der Waals surface area contributed by atoms with Crippen LogP contribution in [0, 0.1) is 22.7 Å². The molecule has 2 aromatic rings. The van der Waals surface area contributed by atoms with Crippen molar-refractivity contribution in [2.24, 2.45) is 0 Å². The number of hydrogen-bond acceptors (Lipinski definition) is 8. The molecule has 8 nitrogen and oxygen atoms in total. The van der Waals surface area contributed by atoms with Crippen molar-refractivity contribution >= 4 is 44.5 Å². The molecule has 1 aliphatic rings. The molecular formula is C19H20N6O2S2. The fraction of sp³-hybridized carbons (Fsp3) is 0.368. The quantitative estimate of drug-likeness (QED) is 0.729. The average molecular weight is 429 g/mol. The van der Waals surface area contributed by atoms with Crippen LogP contribution in [-0.4, -0.2) is 60.4 Å². The van der Waals surface area contributed by atoms with Gasteiger partial charge in [0.1, 0.15) is 22.1 Å². The first-order valence-corrected chi connectivity index (χ1v) is 10.8. The van der Waals surface area contributed by atoms with Gasteiger partial charge in [-0.3, -0.25) is 19.4 Å². The van der Waals surface area contributed by atoms with Crippen LogP contribution in [-0.2, 0) is 9.59 Å². The molecule has 0 bridgehead atoms. The van der Waals surface area contributed by atoms with Crippen LogP contribution in [0.15, 0.2) is 22.9 Å². The van der Waals surface area contributed by atoms with E-state index in [0.29, 0.717) is 40.8 Å². The molecule has 2 amide bonds. The molecule has 29 heavy (non-hydrogen) atoms. The Morgan fingerprint density at radius 2 is 1.59 bits per heavy atom. The van der Waals surface area contributed by atoms with E-state index >= 15 is 0 Å². The number of carbonyl (C=O) groups is 2. The summed E-state index contributed by atoms with van der Waals surface area (Å²) in [5, 5.41) is 28.4.